The Morgan fingerprint density at radius 2 is 2.13 bits per heavy atom. The van der Waals surface area contributed by atoms with Crippen molar-refractivity contribution in [2.45, 2.75) is 0 Å². The third-order valence-corrected chi connectivity index (χ3v) is 2.93. The van der Waals surface area contributed by atoms with Crippen molar-refractivity contribution >= 4 is 17.0 Å². The van der Waals surface area contributed by atoms with E-state index in [0.29, 0.717) is 10.6 Å². The molecule has 0 bridgehead atoms. The van der Waals surface area contributed by atoms with Crippen molar-refractivity contribution in [1.82, 2.24) is 0 Å². The maximum Gasteiger partial charge on any atom is 0.139 e. The number of hydrogen-bond donors (Lipinski definition) is 2. The largest absolute Gasteiger partial charge is 0.506 e. The van der Waals surface area contributed by atoms with E-state index in [1.165, 1.54) is 11.3 Å². The fourth-order valence-electron chi connectivity index (χ4n) is 1.33. The second-order valence-corrected chi connectivity index (χ2v) is 3.96. The van der Waals surface area contributed by atoms with Crippen LogP contribution in [0, 0.1) is 11.3 Å². The standard InChI is InChI=1S/C11H8N2OS/c12-6-11-8(3-4-15-11)7-1-2-9(13)10(14)5-7/h1-5,14H,13H2. The average Bonchev–Trinajstić information content (AvgIpc) is 2.70. The molecule has 1 aromatic carbocycles. The van der Waals surface area contributed by atoms with Crippen molar-refractivity contribution < 1.29 is 5.11 Å². The number of nitrogens with two attached hydrogens (primary N) is 1. The number of anilines is 1. The molecule has 4 heteroatoms. The lowest BCUT2D eigenvalue weighted by Gasteiger charge is -2.02. The van der Waals surface area contributed by atoms with Gasteiger partial charge in [0.2, 0.25) is 0 Å². The zero-order chi connectivity index (χ0) is 10.8. The van der Waals surface area contributed by atoms with Crippen molar-refractivity contribution in [1.29, 1.82) is 5.26 Å². The molecule has 0 amide bonds. The smallest absolute Gasteiger partial charge is 0.139 e. The zero-order valence-corrected chi connectivity index (χ0v) is 8.58. The Morgan fingerprint density at radius 1 is 1.33 bits per heavy atom. The van der Waals surface area contributed by atoms with E-state index < -0.39 is 0 Å². The van der Waals surface area contributed by atoms with E-state index in [1.807, 2.05) is 11.4 Å². The Hall–Kier alpha value is -1.99. The van der Waals surface area contributed by atoms with Crippen LogP contribution in [0.2, 0.25) is 0 Å². The van der Waals surface area contributed by atoms with E-state index in [2.05, 4.69) is 6.07 Å². The van der Waals surface area contributed by atoms with Crippen LogP contribution in [0.5, 0.6) is 5.75 Å². The Morgan fingerprint density at radius 3 is 2.80 bits per heavy atom. The SMILES string of the molecule is N#Cc1sccc1-c1ccc(N)c(O)c1. The molecule has 2 aromatic rings. The second kappa shape index (κ2) is 3.64. The first kappa shape index (κ1) is 9.56. The lowest BCUT2D eigenvalue weighted by molar-refractivity contribution is 0.478. The number of phenols is 1. The number of rotatable bonds is 1. The molecule has 1 aromatic heterocycles. The minimum Gasteiger partial charge on any atom is -0.506 e. The highest BCUT2D eigenvalue weighted by molar-refractivity contribution is 7.11. The zero-order valence-electron chi connectivity index (χ0n) is 7.77. The molecule has 3 nitrogen and oxygen atoms in total. The quantitative estimate of drug-likeness (QED) is 0.568. The van der Waals surface area contributed by atoms with Crippen molar-refractivity contribution in [3.8, 4) is 22.9 Å². The molecule has 1 heterocycles. The molecule has 0 unspecified atom stereocenters. The topological polar surface area (TPSA) is 70.0 Å². The summed E-state index contributed by atoms with van der Waals surface area (Å²) in [5, 5.41) is 20.2. The molecule has 0 radical (unpaired) electrons. The number of nitriles is 1. The van der Waals surface area contributed by atoms with Gasteiger partial charge in [0, 0.05) is 5.56 Å². The third-order valence-electron chi connectivity index (χ3n) is 2.11. The Bertz CT molecular complexity index is 540. The summed E-state index contributed by atoms with van der Waals surface area (Å²) < 4.78 is 0. The third kappa shape index (κ3) is 1.65. The predicted octanol–water partition coefficient (Wildman–Crippen LogP) is 2.57. The first-order chi connectivity index (χ1) is 7.22. The number of phenolic OH excluding ortho intramolecular Hbond substituents is 1. The molecule has 0 aliphatic rings. The molecular weight excluding hydrogens is 208 g/mol. The van der Waals surface area contributed by atoms with E-state index in [0.717, 1.165) is 11.1 Å². The first-order valence-electron chi connectivity index (χ1n) is 4.29. The number of thiophene rings is 1. The lowest BCUT2D eigenvalue weighted by Crippen LogP contribution is -1.86. The normalized spacial score (nSPS) is 9.80. The summed E-state index contributed by atoms with van der Waals surface area (Å²) in [5.41, 5.74) is 7.48. The van der Waals surface area contributed by atoms with Gasteiger partial charge in [-0.05, 0) is 29.1 Å². The minimum atomic E-state index is 0.0441. The van der Waals surface area contributed by atoms with Crippen molar-refractivity contribution in [3.05, 3.63) is 34.5 Å². The van der Waals surface area contributed by atoms with Crippen LogP contribution in [0.25, 0.3) is 11.1 Å². The summed E-state index contributed by atoms with van der Waals surface area (Å²) in [6.07, 6.45) is 0. The van der Waals surface area contributed by atoms with Crippen LogP contribution >= 0.6 is 11.3 Å². The van der Waals surface area contributed by atoms with Crippen LogP contribution in [-0.4, -0.2) is 5.11 Å². The van der Waals surface area contributed by atoms with Crippen LogP contribution in [0.15, 0.2) is 29.6 Å². The van der Waals surface area contributed by atoms with Gasteiger partial charge in [-0.2, -0.15) is 5.26 Å². The summed E-state index contributed by atoms with van der Waals surface area (Å²) in [5.74, 6) is 0.0441. The van der Waals surface area contributed by atoms with Gasteiger partial charge in [-0.3, -0.25) is 0 Å². The van der Waals surface area contributed by atoms with E-state index >= 15 is 0 Å². The molecule has 74 valence electrons. The van der Waals surface area contributed by atoms with Crippen LogP contribution in [0.1, 0.15) is 4.88 Å². The van der Waals surface area contributed by atoms with Gasteiger partial charge in [-0.15, -0.1) is 11.3 Å². The van der Waals surface area contributed by atoms with Crippen LogP contribution in [0.3, 0.4) is 0 Å². The van der Waals surface area contributed by atoms with Gasteiger partial charge in [-0.1, -0.05) is 6.07 Å². The Balaban J connectivity index is 2.56. The van der Waals surface area contributed by atoms with E-state index in [-0.39, 0.29) is 5.75 Å². The first-order valence-corrected chi connectivity index (χ1v) is 5.17. The van der Waals surface area contributed by atoms with Crippen LogP contribution in [-0.2, 0) is 0 Å². The molecule has 0 saturated carbocycles. The van der Waals surface area contributed by atoms with Gasteiger partial charge in [0.1, 0.15) is 16.7 Å². The summed E-state index contributed by atoms with van der Waals surface area (Å²) in [7, 11) is 0. The van der Waals surface area contributed by atoms with E-state index in [1.54, 1.807) is 18.2 Å². The number of benzene rings is 1. The fourth-order valence-corrected chi connectivity index (χ4v) is 2.04. The van der Waals surface area contributed by atoms with Gasteiger partial charge in [0.15, 0.2) is 0 Å². The van der Waals surface area contributed by atoms with Crippen molar-refractivity contribution in [2.24, 2.45) is 0 Å². The second-order valence-electron chi connectivity index (χ2n) is 3.05. The molecule has 0 saturated heterocycles. The van der Waals surface area contributed by atoms with Crippen molar-refractivity contribution in [2.75, 3.05) is 5.73 Å². The molecular formula is C11H8N2OS. The van der Waals surface area contributed by atoms with Crippen LogP contribution < -0.4 is 5.73 Å². The highest BCUT2D eigenvalue weighted by atomic mass is 32.1. The number of nitrogens with zero attached hydrogens (tertiary/aromatic N) is 1. The van der Waals surface area contributed by atoms with Gasteiger partial charge >= 0.3 is 0 Å². The Labute approximate surface area is 91.0 Å². The summed E-state index contributed by atoms with van der Waals surface area (Å²) in [6, 6.07) is 8.95. The van der Waals surface area contributed by atoms with Crippen LogP contribution in [0.4, 0.5) is 5.69 Å². The highest BCUT2D eigenvalue weighted by Gasteiger charge is 2.07. The fraction of sp³-hybridized carbons (Fsp3) is 0. The minimum absolute atomic E-state index is 0.0441. The summed E-state index contributed by atoms with van der Waals surface area (Å²) >= 11 is 1.38. The summed E-state index contributed by atoms with van der Waals surface area (Å²) in [6.45, 7) is 0. The molecule has 0 spiro atoms. The average molecular weight is 216 g/mol. The maximum absolute atomic E-state index is 9.46. The molecule has 2 rings (SSSR count). The van der Waals surface area contributed by atoms with Crippen molar-refractivity contribution in [3.63, 3.8) is 0 Å². The number of hydrogen-bond acceptors (Lipinski definition) is 4. The maximum atomic E-state index is 9.46. The molecule has 0 aliphatic carbocycles. The predicted molar refractivity (Wildman–Crippen MR) is 60.5 cm³/mol. The number of nitrogen functional groups attached to an aromatic ring is 1. The summed E-state index contributed by atoms with van der Waals surface area (Å²) in [4.78, 5) is 0.638. The van der Waals surface area contributed by atoms with Gasteiger partial charge in [0.05, 0.1) is 5.69 Å². The van der Waals surface area contributed by atoms with Gasteiger partial charge in [0.25, 0.3) is 0 Å². The highest BCUT2D eigenvalue weighted by Crippen LogP contribution is 2.32. The molecule has 3 N–H and O–H groups in total. The lowest BCUT2D eigenvalue weighted by atomic mass is 10.1. The van der Waals surface area contributed by atoms with E-state index in [4.69, 9.17) is 11.0 Å². The molecule has 0 atom stereocenters. The van der Waals surface area contributed by atoms with Gasteiger partial charge < -0.3 is 10.8 Å². The van der Waals surface area contributed by atoms with Gasteiger partial charge in [-0.25, -0.2) is 0 Å². The molecule has 15 heavy (non-hydrogen) atoms. The van der Waals surface area contributed by atoms with E-state index in [9.17, 15) is 5.11 Å². The monoisotopic (exact) mass is 216 g/mol. The Kier molecular flexibility index (Phi) is 2.32. The molecule has 0 fully saturated rings. The molecule has 0 aliphatic heterocycles. The number of aromatic hydroxyl groups is 1.